The highest BCUT2D eigenvalue weighted by molar-refractivity contribution is 5.76. The molecule has 2 aromatic heterocycles. The van der Waals surface area contributed by atoms with Gasteiger partial charge in [-0.2, -0.15) is 5.10 Å². The zero-order valence-electron chi connectivity index (χ0n) is 15.0. The van der Waals surface area contributed by atoms with Crippen molar-refractivity contribution < 1.29 is 14.7 Å². The number of carboxylic acid groups (broad SMARTS) is 1. The molecule has 0 saturated carbocycles. The van der Waals surface area contributed by atoms with Gasteiger partial charge in [0.25, 0.3) is 0 Å². The van der Waals surface area contributed by atoms with E-state index in [2.05, 4.69) is 17.0 Å². The molecule has 1 saturated heterocycles. The van der Waals surface area contributed by atoms with E-state index in [1.54, 1.807) is 12.4 Å². The minimum absolute atomic E-state index is 0.133. The highest BCUT2D eigenvalue weighted by Gasteiger charge is 2.27. The topological polar surface area (TPSA) is 93.3 Å². The van der Waals surface area contributed by atoms with Gasteiger partial charge in [0.2, 0.25) is 5.91 Å². The third-order valence-electron chi connectivity index (χ3n) is 4.91. The van der Waals surface area contributed by atoms with Gasteiger partial charge in [-0.05, 0) is 18.9 Å². The van der Waals surface area contributed by atoms with Crippen LogP contribution < -0.4 is 0 Å². The number of rotatable bonds is 7. The number of hydrogen-bond acceptors (Lipinski definition) is 4. The first-order chi connectivity index (χ1) is 12.6. The summed E-state index contributed by atoms with van der Waals surface area (Å²) in [4.78, 5) is 29.8. The fourth-order valence-electron chi connectivity index (χ4n) is 3.63. The molecular formula is C18H25N5O3. The Balaban J connectivity index is 1.60. The molecule has 2 aromatic rings. The van der Waals surface area contributed by atoms with E-state index < -0.39 is 5.97 Å². The Hall–Kier alpha value is -2.64. The minimum atomic E-state index is -0.911. The van der Waals surface area contributed by atoms with Crippen LogP contribution in [-0.4, -0.2) is 54.3 Å². The first kappa shape index (κ1) is 18.2. The summed E-state index contributed by atoms with van der Waals surface area (Å²) in [6.07, 6.45) is 8.46. The van der Waals surface area contributed by atoms with E-state index in [0.717, 1.165) is 37.3 Å². The van der Waals surface area contributed by atoms with Gasteiger partial charge in [0, 0.05) is 62.7 Å². The number of amides is 1. The molecule has 8 nitrogen and oxygen atoms in total. The van der Waals surface area contributed by atoms with Gasteiger partial charge in [0.1, 0.15) is 12.4 Å². The van der Waals surface area contributed by atoms with Gasteiger partial charge < -0.3 is 14.6 Å². The average molecular weight is 359 g/mol. The van der Waals surface area contributed by atoms with Crippen molar-refractivity contribution in [2.45, 2.75) is 51.6 Å². The van der Waals surface area contributed by atoms with Gasteiger partial charge in [-0.15, -0.1) is 0 Å². The molecule has 3 heterocycles. The predicted molar refractivity (Wildman–Crippen MR) is 94.6 cm³/mol. The second-order valence-electron chi connectivity index (χ2n) is 6.63. The Morgan fingerprint density at radius 1 is 1.35 bits per heavy atom. The molecule has 1 N–H and O–H groups in total. The Labute approximate surface area is 152 Å². The van der Waals surface area contributed by atoms with Crippen molar-refractivity contribution in [2.75, 3.05) is 13.1 Å². The molecule has 1 fully saturated rings. The number of carbonyl (C=O) groups excluding carboxylic acids is 1. The molecule has 8 heteroatoms. The standard InChI is InChI=1S/C18H25N5O3/c1-2-16-19-8-11-21(16)10-6-17(24)22-9-3-4-14(12-22)15-5-7-20-23(15)13-18(25)26/h5,7-8,11,14H,2-4,6,9-10,12-13H2,1H3,(H,25,26). The number of aryl methyl sites for hydroxylation is 2. The minimum Gasteiger partial charge on any atom is -0.480 e. The lowest BCUT2D eigenvalue weighted by atomic mass is 9.94. The average Bonchev–Trinajstić information content (AvgIpc) is 3.28. The third kappa shape index (κ3) is 4.12. The van der Waals surface area contributed by atoms with Crippen molar-refractivity contribution in [3.8, 4) is 0 Å². The number of imidazole rings is 1. The second-order valence-corrected chi connectivity index (χ2v) is 6.63. The number of likely N-dealkylation sites (tertiary alicyclic amines) is 1. The van der Waals surface area contributed by atoms with Crippen molar-refractivity contribution in [3.05, 3.63) is 36.2 Å². The van der Waals surface area contributed by atoms with Crippen LogP contribution in [0.25, 0.3) is 0 Å². The van der Waals surface area contributed by atoms with Gasteiger partial charge >= 0.3 is 5.97 Å². The zero-order valence-corrected chi connectivity index (χ0v) is 15.0. The second kappa shape index (κ2) is 8.16. The van der Waals surface area contributed by atoms with E-state index in [4.69, 9.17) is 5.11 Å². The predicted octanol–water partition coefficient (Wildman–Crippen LogP) is 1.52. The summed E-state index contributed by atoms with van der Waals surface area (Å²) >= 11 is 0. The van der Waals surface area contributed by atoms with Crippen LogP contribution in [0.2, 0.25) is 0 Å². The molecule has 0 aromatic carbocycles. The molecule has 1 aliphatic heterocycles. The van der Waals surface area contributed by atoms with Crippen LogP contribution in [0, 0.1) is 0 Å². The summed E-state index contributed by atoms with van der Waals surface area (Å²) in [6, 6.07) is 1.86. The van der Waals surface area contributed by atoms with Crippen molar-refractivity contribution >= 4 is 11.9 Å². The number of aliphatic carboxylic acids is 1. The largest absolute Gasteiger partial charge is 0.480 e. The van der Waals surface area contributed by atoms with Crippen molar-refractivity contribution in [1.29, 1.82) is 0 Å². The molecule has 140 valence electrons. The quantitative estimate of drug-likeness (QED) is 0.809. The summed E-state index contributed by atoms with van der Waals surface area (Å²) in [7, 11) is 0. The first-order valence-electron chi connectivity index (χ1n) is 9.09. The molecule has 0 radical (unpaired) electrons. The molecule has 1 atom stereocenters. The monoisotopic (exact) mass is 359 g/mol. The van der Waals surface area contributed by atoms with Crippen LogP contribution in [-0.2, 0) is 29.1 Å². The van der Waals surface area contributed by atoms with Crippen LogP contribution in [0.4, 0.5) is 0 Å². The van der Waals surface area contributed by atoms with Crippen LogP contribution in [0.5, 0.6) is 0 Å². The van der Waals surface area contributed by atoms with Crippen molar-refractivity contribution in [1.82, 2.24) is 24.2 Å². The molecule has 26 heavy (non-hydrogen) atoms. The first-order valence-corrected chi connectivity index (χ1v) is 9.09. The summed E-state index contributed by atoms with van der Waals surface area (Å²) in [5, 5.41) is 13.1. The summed E-state index contributed by atoms with van der Waals surface area (Å²) < 4.78 is 3.56. The molecule has 3 rings (SSSR count). The molecule has 1 amide bonds. The van der Waals surface area contributed by atoms with Gasteiger partial charge in [-0.1, -0.05) is 6.92 Å². The maximum atomic E-state index is 12.6. The van der Waals surface area contributed by atoms with E-state index in [1.807, 2.05) is 21.7 Å². The molecule has 0 spiro atoms. The third-order valence-corrected chi connectivity index (χ3v) is 4.91. The lowest BCUT2D eigenvalue weighted by Gasteiger charge is -2.33. The lowest BCUT2D eigenvalue weighted by Crippen LogP contribution is -2.40. The Kier molecular flexibility index (Phi) is 5.70. The molecule has 0 aliphatic carbocycles. The van der Waals surface area contributed by atoms with Crippen LogP contribution in [0.3, 0.4) is 0 Å². The van der Waals surface area contributed by atoms with E-state index in [9.17, 15) is 9.59 Å². The normalized spacial score (nSPS) is 17.4. The lowest BCUT2D eigenvalue weighted by molar-refractivity contribution is -0.138. The Bertz CT molecular complexity index is 766. The maximum Gasteiger partial charge on any atom is 0.325 e. The molecular weight excluding hydrogens is 334 g/mol. The van der Waals surface area contributed by atoms with Gasteiger partial charge in [0.15, 0.2) is 0 Å². The number of aromatic nitrogens is 4. The SMILES string of the molecule is CCc1nccn1CCC(=O)N1CCCC(c2ccnn2CC(=O)O)C1. The molecule has 1 aliphatic rings. The van der Waals surface area contributed by atoms with Crippen LogP contribution in [0.15, 0.2) is 24.7 Å². The number of hydrogen-bond donors (Lipinski definition) is 1. The fourth-order valence-corrected chi connectivity index (χ4v) is 3.63. The Morgan fingerprint density at radius 3 is 2.96 bits per heavy atom. The number of nitrogens with zero attached hydrogens (tertiary/aromatic N) is 5. The van der Waals surface area contributed by atoms with Crippen molar-refractivity contribution in [2.24, 2.45) is 0 Å². The smallest absolute Gasteiger partial charge is 0.325 e. The van der Waals surface area contributed by atoms with E-state index in [-0.39, 0.29) is 18.4 Å². The van der Waals surface area contributed by atoms with E-state index >= 15 is 0 Å². The van der Waals surface area contributed by atoms with Gasteiger partial charge in [-0.25, -0.2) is 4.98 Å². The number of piperidine rings is 1. The molecule has 0 bridgehead atoms. The summed E-state index contributed by atoms with van der Waals surface area (Å²) in [6.45, 7) is 3.92. The van der Waals surface area contributed by atoms with Gasteiger partial charge in [-0.3, -0.25) is 14.3 Å². The van der Waals surface area contributed by atoms with Crippen LogP contribution in [0.1, 0.15) is 43.6 Å². The summed E-state index contributed by atoms with van der Waals surface area (Å²) in [5.74, 6) is 0.349. The highest BCUT2D eigenvalue weighted by Crippen LogP contribution is 2.27. The van der Waals surface area contributed by atoms with Crippen LogP contribution >= 0.6 is 0 Å². The fraction of sp³-hybridized carbons (Fsp3) is 0.556. The summed E-state index contributed by atoms with van der Waals surface area (Å²) in [5.41, 5.74) is 0.896. The number of carbonyl (C=O) groups is 2. The Morgan fingerprint density at radius 2 is 2.19 bits per heavy atom. The van der Waals surface area contributed by atoms with Gasteiger partial charge in [0.05, 0.1) is 0 Å². The van der Waals surface area contributed by atoms with Crippen molar-refractivity contribution in [3.63, 3.8) is 0 Å². The zero-order chi connectivity index (χ0) is 18.5. The maximum absolute atomic E-state index is 12.6. The highest BCUT2D eigenvalue weighted by atomic mass is 16.4. The van der Waals surface area contributed by atoms with E-state index in [0.29, 0.717) is 19.5 Å². The molecule has 1 unspecified atom stereocenters. The van der Waals surface area contributed by atoms with E-state index in [1.165, 1.54) is 4.68 Å². The number of carboxylic acids is 1.